The molecule has 70 valence electrons. The molecule has 0 bridgehead atoms. The van der Waals surface area contributed by atoms with Crippen LogP contribution in [0.15, 0.2) is 37.4 Å². The Hall–Kier alpha value is -1.58. The Morgan fingerprint density at radius 2 is 1.92 bits per heavy atom. The molecule has 0 fully saturated rings. The van der Waals surface area contributed by atoms with E-state index in [0.717, 1.165) is 0 Å². The molecular weight excluding hydrogens is 164 g/mol. The lowest BCUT2D eigenvalue weighted by Gasteiger charge is -1.72. The molecular formula is C9H16N4+2. The van der Waals surface area contributed by atoms with Gasteiger partial charge in [0.05, 0.1) is 21.1 Å². The molecule has 2 rings (SSSR count). The first-order valence-electron chi connectivity index (χ1n) is 4.13. The number of aryl methyl sites for hydroxylation is 3. The van der Waals surface area contributed by atoms with E-state index < -0.39 is 0 Å². The molecule has 0 radical (unpaired) electrons. The molecule has 4 nitrogen and oxygen atoms in total. The van der Waals surface area contributed by atoms with Crippen LogP contribution in [-0.4, -0.2) is 9.55 Å². The maximum atomic E-state index is 2.89. The van der Waals surface area contributed by atoms with Gasteiger partial charge < -0.3 is 0 Å². The van der Waals surface area contributed by atoms with Crippen LogP contribution in [0.3, 0.4) is 0 Å². The molecule has 0 unspecified atom stereocenters. The van der Waals surface area contributed by atoms with Crippen molar-refractivity contribution < 1.29 is 9.13 Å². The molecule has 0 saturated carbocycles. The van der Waals surface area contributed by atoms with Crippen LogP contribution < -0.4 is 9.13 Å². The quantitative estimate of drug-likeness (QED) is 0.539. The molecule has 2 heterocycles. The molecule has 0 spiro atoms. The van der Waals surface area contributed by atoms with Crippen molar-refractivity contribution in [3.05, 3.63) is 37.4 Å². The SMILES string of the molecule is C[n+]1cc[nH]c1.Cn1cc[n+](C)c1. The average molecular weight is 180 g/mol. The number of hydrogen-bond acceptors (Lipinski definition) is 0. The second kappa shape index (κ2) is 4.45. The van der Waals surface area contributed by atoms with Crippen LogP contribution in [0, 0.1) is 0 Å². The molecule has 2 aromatic heterocycles. The van der Waals surface area contributed by atoms with Crippen molar-refractivity contribution in [2.45, 2.75) is 0 Å². The highest BCUT2D eigenvalue weighted by molar-refractivity contribution is 4.60. The number of imidazole rings is 2. The van der Waals surface area contributed by atoms with E-state index in [0.29, 0.717) is 0 Å². The summed E-state index contributed by atoms with van der Waals surface area (Å²) in [7, 11) is 5.97. The molecule has 0 atom stereocenters. The molecule has 0 aliphatic heterocycles. The van der Waals surface area contributed by atoms with E-state index in [4.69, 9.17) is 0 Å². The first kappa shape index (κ1) is 9.51. The number of hydrogen-bond donors (Lipinski definition) is 1. The van der Waals surface area contributed by atoms with Crippen LogP contribution >= 0.6 is 0 Å². The Morgan fingerprint density at radius 3 is 2.08 bits per heavy atom. The highest BCUT2D eigenvalue weighted by Crippen LogP contribution is 1.70. The molecule has 0 aliphatic rings. The smallest absolute Gasteiger partial charge is 0.243 e. The van der Waals surface area contributed by atoms with Crippen molar-refractivity contribution in [2.24, 2.45) is 21.1 Å². The van der Waals surface area contributed by atoms with E-state index >= 15 is 0 Å². The Morgan fingerprint density at radius 1 is 1.15 bits per heavy atom. The molecule has 2 aromatic rings. The largest absolute Gasteiger partial charge is 0.250 e. The van der Waals surface area contributed by atoms with Gasteiger partial charge in [0.25, 0.3) is 0 Å². The molecule has 0 saturated heterocycles. The molecule has 0 aliphatic carbocycles. The van der Waals surface area contributed by atoms with Crippen LogP contribution in [-0.2, 0) is 21.1 Å². The van der Waals surface area contributed by atoms with Gasteiger partial charge in [0, 0.05) is 0 Å². The summed E-state index contributed by atoms with van der Waals surface area (Å²) in [4.78, 5) is 2.89. The van der Waals surface area contributed by atoms with Crippen molar-refractivity contribution in [2.75, 3.05) is 0 Å². The maximum Gasteiger partial charge on any atom is 0.243 e. The fourth-order valence-corrected chi connectivity index (χ4v) is 0.939. The van der Waals surface area contributed by atoms with Gasteiger partial charge in [-0.15, -0.1) is 0 Å². The summed E-state index contributed by atoms with van der Waals surface area (Å²) in [6.45, 7) is 0. The lowest BCUT2D eigenvalue weighted by molar-refractivity contribution is -0.670. The zero-order valence-electron chi connectivity index (χ0n) is 8.31. The minimum atomic E-state index is 1.88. The Labute approximate surface area is 78.1 Å². The second-order valence-corrected chi connectivity index (χ2v) is 3.02. The summed E-state index contributed by atoms with van der Waals surface area (Å²) in [5, 5.41) is 0. The lowest BCUT2D eigenvalue weighted by atomic mass is 10.9. The Balaban J connectivity index is 0.000000132. The summed E-state index contributed by atoms with van der Waals surface area (Å²) in [6.07, 6.45) is 11.7. The predicted molar refractivity (Wildman–Crippen MR) is 48.6 cm³/mol. The van der Waals surface area contributed by atoms with Crippen LogP contribution in [0.2, 0.25) is 0 Å². The van der Waals surface area contributed by atoms with E-state index in [-0.39, 0.29) is 0 Å². The van der Waals surface area contributed by atoms with Gasteiger partial charge in [0.15, 0.2) is 0 Å². The molecule has 1 N–H and O–H groups in total. The normalized spacial score (nSPS) is 9.15. The van der Waals surface area contributed by atoms with Gasteiger partial charge in [-0.05, 0) is 0 Å². The minimum Gasteiger partial charge on any atom is -0.250 e. The Bertz CT molecular complexity index is 318. The number of nitrogens with zero attached hydrogens (tertiary/aromatic N) is 3. The van der Waals surface area contributed by atoms with Gasteiger partial charge >= 0.3 is 0 Å². The third-order valence-electron chi connectivity index (χ3n) is 1.59. The van der Waals surface area contributed by atoms with Crippen LogP contribution in [0.1, 0.15) is 0 Å². The van der Waals surface area contributed by atoms with E-state index in [1.54, 1.807) is 0 Å². The molecule has 13 heavy (non-hydrogen) atoms. The molecule has 0 amide bonds. The monoisotopic (exact) mass is 180 g/mol. The summed E-state index contributed by atoms with van der Waals surface area (Å²) < 4.78 is 5.94. The van der Waals surface area contributed by atoms with Gasteiger partial charge in [0.2, 0.25) is 12.7 Å². The topological polar surface area (TPSA) is 28.5 Å². The molecule has 4 heteroatoms. The van der Waals surface area contributed by atoms with Crippen LogP contribution in [0.25, 0.3) is 0 Å². The first-order chi connectivity index (χ1) is 6.18. The molecule has 0 aromatic carbocycles. The number of aromatic amines is 1. The van der Waals surface area contributed by atoms with Crippen molar-refractivity contribution in [3.63, 3.8) is 0 Å². The van der Waals surface area contributed by atoms with Crippen molar-refractivity contribution in [3.8, 4) is 0 Å². The van der Waals surface area contributed by atoms with Crippen molar-refractivity contribution in [1.29, 1.82) is 0 Å². The van der Waals surface area contributed by atoms with E-state index in [1.807, 2.05) is 72.3 Å². The van der Waals surface area contributed by atoms with E-state index in [2.05, 4.69) is 4.98 Å². The zero-order valence-corrected chi connectivity index (χ0v) is 8.31. The highest BCUT2D eigenvalue weighted by Gasteiger charge is 1.87. The van der Waals surface area contributed by atoms with E-state index in [9.17, 15) is 0 Å². The highest BCUT2D eigenvalue weighted by atomic mass is 15.1. The summed E-state index contributed by atoms with van der Waals surface area (Å²) in [5.74, 6) is 0. The summed E-state index contributed by atoms with van der Waals surface area (Å²) in [5.41, 5.74) is 0. The Kier molecular flexibility index (Phi) is 3.25. The second-order valence-electron chi connectivity index (χ2n) is 3.02. The fourth-order valence-electron chi connectivity index (χ4n) is 0.939. The van der Waals surface area contributed by atoms with E-state index in [1.165, 1.54) is 0 Å². The summed E-state index contributed by atoms with van der Waals surface area (Å²) in [6, 6.07) is 0. The maximum absolute atomic E-state index is 2.89. The average Bonchev–Trinajstić information content (AvgIpc) is 2.64. The minimum absolute atomic E-state index is 1.88. The number of aromatic nitrogens is 4. The predicted octanol–water partition coefficient (Wildman–Crippen LogP) is -0.311. The third-order valence-corrected chi connectivity index (χ3v) is 1.59. The van der Waals surface area contributed by atoms with Gasteiger partial charge in [0.1, 0.15) is 24.8 Å². The standard InChI is InChI=1S/C5H9N2.C4H6N2/c1-6-3-4-7(2)5-6;1-6-3-2-5-4-6/h3-5H,1-2H3;2-4H,1H3/q+1;/p+1. The van der Waals surface area contributed by atoms with Gasteiger partial charge in [-0.2, -0.15) is 0 Å². The lowest BCUT2D eigenvalue weighted by Crippen LogP contribution is -2.23. The van der Waals surface area contributed by atoms with Crippen molar-refractivity contribution >= 4 is 0 Å². The van der Waals surface area contributed by atoms with Crippen LogP contribution in [0.5, 0.6) is 0 Å². The number of H-pyrrole nitrogens is 1. The van der Waals surface area contributed by atoms with Crippen LogP contribution in [0.4, 0.5) is 0 Å². The number of rotatable bonds is 0. The van der Waals surface area contributed by atoms with Crippen molar-refractivity contribution in [1.82, 2.24) is 9.55 Å². The zero-order chi connectivity index (χ0) is 9.68. The fraction of sp³-hybridized carbons (Fsp3) is 0.333. The van der Waals surface area contributed by atoms with Gasteiger partial charge in [-0.25, -0.2) is 13.7 Å². The van der Waals surface area contributed by atoms with Gasteiger partial charge in [-0.1, -0.05) is 0 Å². The number of nitrogens with one attached hydrogen (secondary N) is 1. The summed E-state index contributed by atoms with van der Waals surface area (Å²) >= 11 is 0. The van der Waals surface area contributed by atoms with Gasteiger partial charge in [-0.3, -0.25) is 4.98 Å². The third kappa shape index (κ3) is 3.55. The first-order valence-corrected chi connectivity index (χ1v) is 4.13.